The van der Waals surface area contributed by atoms with Gasteiger partial charge in [0.15, 0.2) is 0 Å². The van der Waals surface area contributed by atoms with Crippen LogP contribution in [-0.2, 0) is 9.59 Å². The molecular weight excluding hydrogens is 240 g/mol. The molecule has 100 valence electrons. The Kier molecular flexibility index (Phi) is 4.10. The van der Waals surface area contributed by atoms with E-state index < -0.39 is 0 Å². The quantitative estimate of drug-likeness (QED) is 0.853. The molecule has 1 aromatic carbocycles. The van der Waals surface area contributed by atoms with E-state index in [4.69, 9.17) is 0 Å². The molecule has 1 atom stereocenters. The molecule has 1 aromatic rings. The summed E-state index contributed by atoms with van der Waals surface area (Å²) in [5.74, 6) is -0.340. The molecule has 0 saturated heterocycles. The molecule has 2 rings (SSSR count). The van der Waals surface area contributed by atoms with Gasteiger partial charge in [0, 0.05) is 13.0 Å². The maximum atomic E-state index is 11.9. The molecule has 0 spiro atoms. The Bertz CT molecular complexity index is 620. The van der Waals surface area contributed by atoms with Crippen molar-refractivity contribution in [2.24, 2.45) is 10.9 Å². The van der Waals surface area contributed by atoms with Crippen molar-refractivity contribution in [3.63, 3.8) is 0 Å². The smallest absolute Gasteiger partial charge is 0.253 e. The maximum Gasteiger partial charge on any atom is 0.253 e. The number of rotatable bonds is 4. The Morgan fingerprint density at radius 3 is 2.95 bits per heavy atom. The van der Waals surface area contributed by atoms with E-state index >= 15 is 0 Å². The summed E-state index contributed by atoms with van der Waals surface area (Å²) in [4.78, 5) is 27.2. The molecule has 1 heterocycles. The lowest BCUT2D eigenvalue weighted by atomic mass is 10.00. The normalized spacial score (nSPS) is 17.2. The highest BCUT2D eigenvalue weighted by molar-refractivity contribution is 5.86. The van der Waals surface area contributed by atoms with Crippen LogP contribution in [0, 0.1) is 12.8 Å². The Morgan fingerprint density at radius 2 is 2.21 bits per heavy atom. The van der Waals surface area contributed by atoms with Crippen molar-refractivity contribution in [1.82, 2.24) is 5.32 Å². The second-order valence-corrected chi connectivity index (χ2v) is 4.78. The third kappa shape index (κ3) is 3.28. The SMILES string of the molecule is CCC(=O)NCCC1C=c2ccc(C)cc2=NC1=O. The third-order valence-electron chi connectivity index (χ3n) is 3.21. The average Bonchev–Trinajstić information content (AvgIpc) is 2.39. The van der Waals surface area contributed by atoms with Gasteiger partial charge in [-0.2, -0.15) is 0 Å². The van der Waals surface area contributed by atoms with Crippen LogP contribution in [0.5, 0.6) is 0 Å². The second kappa shape index (κ2) is 5.78. The molecule has 4 nitrogen and oxygen atoms in total. The van der Waals surface area contributed by atoms with E-state index in [0.717, 1.165) is 16.1 Å². The molecule has 0 bridgehead atoms. The summed E-state index contributed by atoms with van der Waals surface area (Å²) in [5, 5.41) is 4.53. The first-order valence-electron chi connectivity index (χ1n) is 6.58. The van der Waals surface area contributed by atoms with Crippen LogP contribution in [0.15, 0.2) is 23.2 Å². The number of carbonyl (C=O) groups is 2. The number of hydrogen-bond acceptors (Lipinski definition) is 2. The van der Waals surface area contributed by atoms with Gasteiger partial charge >= 0.3 is 0 Å². The molecule has 1 N–H and O–H groups in total. The van der Waals surface area contributed by atoms with Crippen LogP contribution in [0.3, 0.4) is 0 Å². The van der Waals surface area contributed by atoms with Crippen molar-refractivity contribution in [3.05, 3.63) is 34.3 Å². The molecule has 0 radical (unpaired) electrons. The van der Waals surface area contributed by atoms with Crippen molar-refractivity contribution in [1.29, 1.82) is 0 Å². The number of nitrogens with zero attached hydrogens (tertiary/aromatic N) is 1. The average molecular weight is 258 g/mol. The molecule has 19 heavy (non-hydrogen) atoms. The fourth-order valence-electron chi connectivity index (χ4n) is 2.08. The van der Waals surface area contributed by atoms with Crippen LogP contribution < -0.4 is 15.9 Å². The third-order valence-corrected chi connectivity index (χ3v) is 3.21. The summed E-state index contributed by atoms with van der Waals surface area (Å²) < 4.78 is 0. The summed E-state index contributed by atoms with van der Waals surface area (Å²) >= 11 is 0. The highest BCUT2D eigenvalue weighted by Crippen LogP contribution is 2.08. The number of fused-ring (bicyclic) bond motifs is 1. The van der Waals surface area contributed by atoms with Gasteiger partial charge in [-0.15, -0.1) is 0 Å². The van der Waals surface area contributed by atoms with Crippen LogP contribution in [0.4, 0.5) is 0 Å². The van der Waals surface area contributed by atoms with E-state index in [1.807, 2.05) is 31.2 Å². The van der Waals surface area contributed by atoms with Crippen LogP contribution in [0.1, 0.15) is 25.3 Å². The Labute approximate surface area is 112 Å². The number of nitrogens with one attached hydrogen (secondary N) is 1. The lowest BCUT2D eigenvalue weighted by Gasteiger charge is -2.12. The van der Waals surface area contributed by atoms with Gasteiger partial charge in [0.25, 0.3) is 5.91 Å². The maximum absolute atomic E-state index is 11.9. The first-order chi connectivity index (χ1) is 9.10. The van der Waals surface area contributed by atoms with Crippen molar-refractivity contribution in [3.8, 4) is 0 Å². The Hall–Kier alpha value is -1.97. The Balaban J connectivity index is 2.10. The minimum absolute atomic E-state index is 0.0104. The van der Waals surface area contributed by atoms with Gasteiger partial charge in [0.2, 0.25) is 5.91 Å². The standard InChI is InChI=1S/C15H18N2O2/c1-3-14(18)16-7-6-12-9-11-5-4-10(2)8-13(11)17-15(12)19/h4-5,8-9,12H,3,6-7H2,1-2H3,(H,16,18). The summed E-state index contributed by atoms with van der Waals surface area (Å²) in [6, 6.07) is 5.91. The van der Waals surface area contributed by atoms with Crippen molar-refractivity contribution in [2.45, 2.75) is 26.7 Å². The summed E-state index contributed by atoms with van der Waals surface area (Å²) in [7, 11) is 0. The number of carbonyl (C=O) groups excluding carboxylic acids is 2. The minimum Gasteiger partial charge on any atom is -0.356 e. The van der Waals surface area contributed by atoms with Crippen LogP contribution in [0.25, 0.3) is 6.08 Å². The van der Waals surface area contributed by atoms with Gasteiger partial charge in [-0.05, 0) is 30.2 Å². The number of benzene rings is 1. The molecular formula is C15H18N2O2. The fourth-order valence-corrected chi connectivity index (χ4v) is 2.08. The van der Waals surface area contributed by atoms with Crippen LogP contribution >= 0.6 is 0 Å². The first-order valence-corrected chi connectivity index (χ1v) is 6.58. The topological polar surface area (TPSA) is 58.5 Å². The van der Waals surface area contributed by atoms with Gasteiger partial charge in [-0.25, -0.2) is 4.99 Å². The highest BCUT2D eigenvalue weighted by atomic mass is 16.2. The molecule has 0 fully saturated rings. The van der Waals surface area contributed by atoms with Gasteiger partial charge in [0.1, 0.15) is 0 Å². The largest absolute Gasteiger partial charge is 0.356 e. The molecule has 0 aromatic heterocycles. The predicted octanol–water partition coefficient (Wildman–Crippen LogP) is 0.468. The zero-order valence-electron chi connectivity index (χ0n) is 11.3. The molecule has 1 aliphatic rings. The van der Waals surface area contributed by atoms with Crippen molar-refractivity contribution in [2.75, 3.05) is 6.54 Å². The van der Waals surface area contributed by atoms with Gasteiger partial charge in [0.05, 0.1) is 11.3 Å². The molecule has 1 unspecified atom stereocenters. The molecule has 1 aliphatic heterocycles. The second-order valence-electron chi connectivity index (χ2n) is 4.78. The molecule has 0 aliphatic carbocycles. The van der Waals surface area contributed by atoms with E-state index in [-0.39, 0.29) is 17.7 Å². The van der Waals surface area contributed by atoms with E-state index in [1.54, 1.807) is 6.92 Å². The van der Waals surface area contributed by atoms with Crippen LogP contribution in [0.2, 0.25) is 0 Å². The van der Waals surface area contributed by atoms with E-state index in [9.17, 15) is 9.59 Å². The molecule has 2 amide bonds. The summed E-state index contributed by atoms with van der Waals surface area (Å²) in [6.45, 7) is 4.30. The first kappa shape index (κ1) is 13.5. The van der Waals surface area contributed by atoms with Gasteiger partial charge in [-0.1, -0.05) is 25.1 Å². The van der Waals surface area contributed by atoms with E-state index in [0.29, 0.717) is 19.4 Å². The zero-order chi connectivity index (χ0) is 13.8. The summed E-state index contributed by atoms with van der Waals surface area (Å²) in [5.41, 5.74) is 1.09. The number of hydrogen-bond donors (Lipinski definition) is 1. The van der Waals surface area contributed by atoms with E-state index in [2.05, 4.69) is 10.3 Å². The molecule has 4 heteroatoms. The van der Waals surface area contributed by atoms with Crippen molar-refractivity contribution >= 4 is 17.9 Å². The highest BCUT2D eigenvalue weighted by Gasteiger charge is 2.18. The predicted molar refractivity (Wildman–Crippen MR) is 72.8 cm³/mol. The van der Waals surface area contributed by atoms with Gasteiger partial charge < -0.3 is 5.32 Å². The Morgan fingerprint density at radius 1 is 1.42 bits per heavy atom. The zero-order valence-corrected chi connectivity index (χ0v) is 11.3. The molecule has 0 saturated carbocycles. The van der Waals surface area contributed by atoms with E-state index in [1.165, 1.54) is 0 Å². The summed E-state index contributed by atoms with van der Waals surface area (Å²) in [6.07, 6.45) is 3.01. The lowest BCUT2D eigenvalue weighted by molar-refractivity contribution is -0.122. The minimum atomic E-state index is -0.229. The van der Waals surface area contributed by atoms with Crippen LogP contribution in [-0.4, -0.2) is 18.4 Å². The van der Waals surface area contributed by atoms with Crippen molar-refractivity contribution < 1.29 is 9.59 Å². The fraction of sp³-hybridized carbons (Fsp3) is 0.400. The van der Waals surface area contributed by atoms with Gasteiger partial charge in [-0.3, -0.25) is 9.59 Å². The monoisotopic (exact) mass is 258 g/mol. The lowest BCUT2D eigenvalue weighted by Crippen LogP contribution is -2.35. The number of amides is 2. The number of aryl methyl sites for hydroxylation is 1.